The maximum absolute atomic E-state index is 13.2. The summed E-state index contributed by atoms with van der Waals surface area (Å²) in [7, 11) is -4.09. The Hall–Kier alpha value is -1.45. The highest BCUT2D eigenvalue weighted by molar-refractivity contribution is 7.92. The van der Waals surface area contributed by atoms with Crippen molar-refractivity contribution in [1.29, 1.82) is 0 Å². The van der Waals surface area contributed by atoms with Crippen LogP contribution in [0.2, 0.25) is 10.0 Å². The topological polar surface area (TPSA) is 91.8 Å². The summed E-state index contributed by atoms with van der Waals surface area (Å²) < 4.78 is 52.0. The Kier molecular flexibility index (Phi) is 4.69. The number of nitrogens with zero attached hydrogens (tertiary/aromatic N) is 1. The van der Waals surface area contributed by atoms with Crippen LogP contribution in [0.1, 0.15) is 12.8 Å². The lowest BCUT2D eigenvalue weighted by molar-refractivity contribution is -0.149. The number of hydrogen-bond acceptors (Lipinski definition) is 4. The molecule has 1 saturated carbocycles. The van der Waals surface area contributed by atoms with Crippen molar-refractivity contribution in [1.82, 2.24) is 4.90 Å². The monoisotopic (exact) mass is 427 g/mol. The van der Waals surface area contributed by atoms with Crippen molar-refractivity contribution in [3.63, 3.8) is 0 Å². The van der Waals surface area contributed by atoms with Gasteiger partial charge in [-0.3, -0.25) is 4.79 Å². The molecule has 6 nitrogen and oxygen atoms in total. The van der Waals surface area contributed by atoms with E-state index in [4.69, 9.17) is 23.2 Å². The zero-order valence-corrected chi connectivity index (χ0v) is 15.4. The second-order valence-electron chi connectivity index (χ2n) is 6.34. The Labute approximate surface area is 157 Å². The standard InChI is InChI=1S/C15H13Cl2F2NO5S/c16-7-1-2-12(10(17)3-7)26(24,25)8-4-11(14(22)23)20(6-8)13(21)9-5-15(9,18)19/h1-3,8-9,11H,4-6H2,(H,22,23)/t8-,9?,11+/m1/s1. The number of amides is 1. The molecule has 3 atom stereocenters. The number of likely N-dealkylation sites (tertiary alicyclic amines) is 1. The molecule has 0 radical (unpaired) electrons. The van der Waals surface area contributed by atoms with E-state index in [1.807, 2.05) is 0 Å². The summed E-state index contributed by atoms with van der Waals surface area (Å²) in [5.74, 6) is -7.24. The summed E-state index contributed by atoms with van der Waals surface area (Å²) in [6.45, 7) is -0.482. The summed E-state index contributed by atoms with van der Waals surface area (Å²) in [5.41, 5.74) is 0. The van der Waals surface area contributed by atoms with Gasteiger partial charge in [-0.25, -0.2) is 22.0 Å². The van der Waals surface area contributed by atoms with Gasteiger partial charge in [0.1, 0.15) is 12.0 Å². The molecular formula is C15H13Cl2F2NO5S. The van der Waals surface area contributed by atoms with Gasteiger partial charge in [0.15, 0.2) is 9.84 Å². The van der Waals surface area contributed by atoms with E-state index in [-0.39, 0.29) is 14.9 Å². The maximum atomic E-state index is 13.2. The Bertz CT molecular complexity index is 892. The number of carbonyl (C=O) groups excluding carboxylic acids is 1. The van der Waals surface area contributed by atoms with Gasteiger partial charge >= 0.3 is 5.97 Å². The van der Waals surface area contributed by atoms with Gasteiger partial charge in [-0.15, -0.1) is 0 Å². The number of sulfone groups is 1. The predicted octanol–water partition coefficient (Wildman–Crippen LogP) is 2.48. The van der Waals surface area contributed by atoms with Gasteiger partial charge in [0.05, 0.1) is 15.2 Å². The third-order valence-corrected chi connectivity index (χ3v) is 7.44. The molecule has 1 heterocycles. The average molecular weight is 428 g/mol. The molecule has 2 fully saturated rings. The molecule has 0 aromatic heterocycles. The molecule has 1 N–H and O–H groups in total. The highest BCUT2D eigenvalue weighted by Crippen LogP contribution is 2.50. The lowest BCUT2D eigenvalue weighted by Gasteiger charge is -2.21. The van der Waals surface area contributed by atoms with Crippen LogP contribution in [0.5, 0.6) is 0 Å². The van der Waals surface area contributed by atoms with Gasteiger partial charge < -0.3 is 10.0 Å². The molecule has 0 spiro atoms. The third kappa shape index (κ3) is 3.27. The van der Waals surface area contributed by atoms with E-state index in [0.717, 1.165) is 4.90 Å². The number of aliphatic carboxylic acids is 1. The molecule has 26 heavy (non-hydrogen) atoms. The second-order valence-corrected chi connectivity index (χ2v) is 9.38. The number of carbonyl (C=O) groups is 2. The fraction of sp³-hybridized carbons (Fsp3) is 0.467. The highest BCUT2D eigenvalue weighted by Gasteiger charge is 2.64. The number of carboxylic acids is 1. The van der Waals surface area contributed by atoms with Crippen LogP contribution in [0.4, 0.5) is 8.78 Å². The van der Waals surface area contributed by atoms with E-state index in [1.54, 1.807) is 0 Å². The van der Waals surface area contributed by atoms with E-state index in [2.05, 4.69) is 0 Å². The number of alkyl halides is 2. The first-order chi connectivity index (χ1) is 11.9. The van der Waals surface area contributed by atoms with Crippen LogP contribution in [0.3, 0.4) is 0 Å². The fourth-order valence-electron chi connectivity index (χ4n) is 3.07. The molecule has 1 unspecified atom stereocenters. The molecule has 1 aromatic rings. The van der Waals surface area contributed by atoms with E-state index in [1.165, 1.54) is 18.2 Å². The largest absolute Gasteiger partial charge is 0.480 e. The number of halogens is 4. The molecule has 11 heteroatoms. The lowest BCUT2D eigenvalue weighted by atomic mass is 10.2. The van der Waals surface area contributed by atoms with Crippen LogP contribution >= 0.6 is 23.2 Å². The van der Waals surface area contributed by atoms with Gasteiger partial charge in [0.2, 0.25) is 5.91 Å². The molecule has 3 rings (SSSR count). The van der Waals surface area contributed by atoms with Crippen LogP contribution in [0.15, 0.2) is 23.1 Å². The molecule has 1 amide bonds. The molecule has 1 saturated heterocycles. The number of carboxylic acid groups (broad SMARTS) is 1. The minimum atomic E-state index is -4.09. The van der Waals surface area contributed by atoms with E-state index in [9.17, 15) is 31.9 Å². The second kappa shape index (κ2) is 6.31. The van der Waals surface area contributed by atoms with E-state index in [0.29, 0.717) is 0 Å². The lowest BCUT2D eigenvalue weighted by Crippen LogP contribution is -2.42. The summed E-state index contributed by atoms with van der Waals surface area (Å²) in [4.78, 5) is 24.1. The summed E-state index contributed by atoms with van der Waals surface area (Å²) in [6, 6.07) is 2.25. The Morgan fingerprint density at radius 3 is 2.38 bits per heavy atom. The first-order valence-corrected chi connectivity index (χ1v) is 9.85. The molecule has 1 aliphatic carbocycles. The van der Waals surface area contributed by atoms with Crippen LogP contribution in [-0.4, -0.2) is 54.1 Å². The third-order valence-electron chi connectivity index (χ3n) is 4.59. The molecule has 142 valence electrons. The molecule has 0 bridgehead atoms. The first-order valence-electron chi connectivity index (χ1n) is 7.55. The SMILES string of the molecule is O=C(O)[C@@H]1C[C@@H](S(=O)(=O)c2ccc(Cl)cc2Cl)CN1C(=O)C1CC1(F)F. The maximum Gasteiger partial charge on any atom is 0.326 e. The quantitative estimate of drug-likeness (QED) is 0.796. The smallest absolute Gasteiger partial charge is 0.326 e. The molecular weight excluding hydrogens is 415 g/mol. The fourth-order valence-corrected chi connectivity index (χ4v) is 5.54. The van der Waals surface area contributed by atoms with E-state index >= 15 is 0 Å². The number of benzene rings is 1. The summed E-state index contributed by atoms with van der Waals surface area (Å²) >= 11 is 11.7. The van der Waals surface area contributed by atoms with Gasteiger partial charge in [-0.1, -0.05) is 23.2 Å². The number of rotatable bonds is 4. The van der Waals surface area contributed by atoms with Crippen molar-refractivity contribution in [3.05, 3.63) is 28.2 Å². The Morgan fingerprint density at radius 2 is 1.88 bits per heavy atom. The van der Waals surface area contributed by atoms with Crippen molar-refractivity contribution in [3.8, 4) is 0 Å². The van der Waals surface area contributed by atoms with Crippen LogP contribution in [0, 0.1) is 5.92 Å². The van der Waals surface area contributed by atoms with Crippen molar-refractivity contribution >= 4 is 44.9 Å². The predicted molar refractivity (Wildman–Crippen MR) is 88.2 cm³/mol. The Balaban J connectivity index is 1.90. The van der Waals surface area contributed by atoms with Gasteiger partial charge in [0, 0.05) is 18.0 Å². The highest BCUT2D eigenvalue weighted by atomic mass is 35.5. The van der Waals surface area contributed by atoms with Crippen molar-refractivity contribution in [2.45, 2.75) is 35.0 Å². The zero-order valence-electron chi connectivity index (χ0n) is 13.0. The van der Waals surface area contributed by atoms with Gasteiger partial charge in [-0.2, -0.15) is 0 Å². The van der Waals surface area contributed by atoms with Gasteiger partial charge in [-0.05, 0) is 24.6 Å². The molecule has 2 aliphatic rings. The molecule has 1 aliphatic heterocycles. The van der Waals surface area contributed by atoms with Gasteiger partial charge in [0.25, 0.3) is 5.92 Å². The van der Waals surface area contributed by atoms with Crippen molar-refractivity contribution in [2.24, 2.45) is 5.92 Å². The summed E-state index contributed by atoms with van der Waals surface area (Å²) in [6.07, 6.45) is -1.06. The summed E-state index contributed by atoms with van der Waals surface area (Å²) in [5, 5.41) is 8.11. The Morgan fingerprint density at radius 1 is 1.27 bits per heavy atom. The first kappa shape index (κ1) is 19.3. The van der Waals surface area contributed by atoms with Crippen LogP contribution < -0.4 is 0 Å². The minimum Gasteiger partial charge on any atom is -0.480 e. The zero-order chi connectivity index (χ0) is 19.4. The average Bonchev–Trinajstić information content (AvgIpc) is 2.96. The minimum absolute atomic E-state index is 0.136. The van der Waals surface area contributed by atoms with Crippen molar-refractivity contribution in [2.75, 3.05) is 6.54 Å². The normalized spacial score (nSPS) is 27.4. The molecule has 1 aromatic carbocycles. The van der Waals surface area contributed by atoms with Crippen LogP contribution in [-0.2, 0) is 19.4 Å². The van der Waals surface area contributed by atoms with E-state index < -0.39 is 64.2 Å². The van der Waals surface area contributed by atoms with Crippen LogP contribution in [0.25, 0.3) is 0 Å². The van der Waals surface area contributed by atoms with Crippen molar-refractivity contribution < 1.29 is 31.9 Å². The number of hydrogen-bond donors (Lipinski definition) is 1.